The third-order valence-corrected chi connectivity index (χ3v) is 3.80. The largest absolute Gasteiger partial charge is 0.463 e. The molecule has 0 spiro atoms. The Kier molecular flexibility index (Phi) is 6.89. The van der Waals surface area contributed by atoms with Crippen LogP contribution in [0.1, 0.15) is 19.4 Å². The molecular weight excluding hydrogens is 330 g/mol. The maximum atomic E-state index is 11.4. The van der Waals surface area contributed by atoms with E-state index in [0.717, 1.165) is 5.56 Å². The van der Waals surface area contributed by atoms with Gasteiger partial charge in [0.05, 0.1) is 6.61 Å². The normalized spacial score (nSPS) is 29.0. The van der Waals surface area contributed by atoms with E-state index < -0.39 is 42.5 Å². The summed E-state index contributed by atoms with van der Waals surface area (Å²) in [5.41, 5.74) is 0.869. The first-order chi connectivity index (χ1) is 11.9. The van der Waals surface area contributed by atoms with Crippen molar-refractivity contribution < 1.29 is 34.0 Å². The van der Waals surface area contributed by atoms with Crippen molar-refractivity contribution in [2.75, 3.05) is 6.61 Å². The number of hydrogen-bond donors (Lipinski definition) is 3. The highest BCUT2D eigenvalue weighted by Crippen LogP contribution is 2.24. The minimum atomic E-state index is -1.41. The van der Waals surface area contributed by atoms with Crippen molar-refractivity contribution in [1.29, 1.82) is 0 Å². The summed E-state index contributed by atoms with van der Waals surface area (Å²) in [5.74, 6) is -0.928. The lowest BCUT2D eigenvalue weighted by molar-refractivity contribution is -0.265. The molecule has 0 aromatic heterocycles. The number of ether oxygens (including phenoxy) is 3. The van der Waals surface area contributed by atoms with Crippen LogP contribution in [0.15, 0.2) is 30.3 Å². The predicted molar refractivity (Wildman–Crippen MR) is 86.1 cm³/mol. The van der Waals surface area contributed by atoms with Gasteiger partial charge in [0.2, 0.25) is 5.91 Å². The van der Waals surface area contributed by atoms with E-state index in [1.54, 1.807) is 0 Å². The molecule has 2 rings (SSSR count). The van der Waals surface area contributed by atoms with Crippen molar-refractivity contribution in [2.24, 2.45) is 0 Å². The van der Waals surface area contributed by atoms with Gasteiger partial charge in [0.1, 0.15) is 31.0 Å². The predicted octanol–water partition coefficient (Wildman–Crippen LogP) is -0.282. The Balaban J connectivity index is 2.10. The topological polar surface area (TPSA) is 114 Å². The van der Waals surface area contributed by atoms with E-state index in [4.69, 9.17) is 14.2 Å². The summed E-state index contributed by atoms with van der Waals surface area (Å²) in [5, 5.41) is 23.2. The van der Waals surface area contributed by atoms with Gasteiger partial charge in [-0.1, -0.05) is 30.3 Å². The molecule has 1 amide bonds. The molecular formula is C17H23NO7. The monoisotopic (exact) mass is 353 g/mol. The fraction of sp³-hybridized carbons (Fsp3) is 0.529. The highest BCUT2D eigenvalue weighted by molar-refractivity contribution is 5.73. The second-order valence-electron chi connectivity index (χ2n) is 5.85. The number of benzene rings is 1. The highest BCUT2D eigenvalue weighted by atomic mass is 16.6. The molecule has 0 unspecified atom stereocenters. The lowest BCUT2D eigenvalue weighted by Crippen LogP contribution is -2.64. The summed E-state index contributed by atoms with van der Waals surface area (Å²) < 4.78 is 15.9. The Hall–Kier alpha value is -2.00. The number of esters is 1. The van der Waals surface area contributed by atoms with E-state index in [1.165, 1.54) is 13.8 Å². The van der Waals surface area contributed by atoms with E-state index >= 15 is 0 Å². The number of aliphatic hydroxyl groups excluding tert-OH is 2. The molecule has 0 bridgehead atoms. The molecule has 138 valence electrons. The lowest BCUT2D eigenvalue weighted by Gasteiger charge is -2.42. The Morgan fingerprint density at radius 1 is 1.20 bits per heavy atom. The molecule has 0 aliphatic carbocycles. The first-order valence-corrected chi connectivity index (χ1v) is 7.96. The number of carbonyl (C=O) groups is 2. The molecule has 25 heavy (non-hydrogen) atoms. The third-order valence-electron chi connectivity index (χ3n) is 3.80. The van der Waals surface area contributed by atoms with Gasteiger partial charge >= 0.3 is 5.97 Å². The van der Waals surface area contributed by atoms with Gasteiger partial charge in [-0.25, -0.2) is 0 Å². The maximum absolute atomic E-state index is 11.4. The minimum Gasteiger partial charge on any atom is -0.463 e. The zero-order valence-corrected chi connectivity index (χ0v) is 14.1. The van der Waals surface area contributed by atoms with E-state index in [0.29, 0.717) is 0 Å². The quantitative estimate of drug-likeness (QED) is 0.603. The summed E-state index contributed by atoms with van der Waals surface area (Å²) in [6, 6.07) is 8.32. The van der Waals surface area contributed by atoms with Crippen LogP contribution in [0.5, 0.6) is 0 Å². The van der Waals surface area contributed by atoms with Crippen LogP contribution >= 0.6 is 0 Å². The van der Waals surface area contributed by atoms with Crippen LogP contribution < -0.4 is 5.32 Å². The smallest absolute Gasteiger partial charge is 0.302 e. The number of carbonyl (C=O) groups excluding carboxylic acids is 2. The van der Waals surface area contributed by atoms with Crippen LogP contribution in [0.25, 0.3) is 0 Å². The molecule has 1 aliphatic heterocycles. The first-order valence-electron chi connectivity index (χ1n) is 7.96. The molecule has 1 aliphatic rings. The minimum absolute atomic E-state index is 0.172. The van der Waals surface area contributed by atoms with Crippen LogP contribution in [0.4, 0.5) is 0 Å². The van der Waals surface area contributed by atoms with Crippen LogP contribution in [0.3, 0.4) is 0 Å². The van der Waals surface area contributed by atoms with Gasteiger partial charge in [0.15, 0.2) is 6.29 Å². The van der Waals surface area contributed by atoms with E-state index in [-0.39, 0.29) is 13.2 Å². The van der Waals surface area contributed by atoms with Crippen molar-refractivity contribution in [1.82, 2.24) is 5.32 Å². The SMILES string of the molecule is CC(=O)N[C@@H]1[C@@H](OCc2ccccc2)[C@H](O)[C@@H](COC(C)=O)O[C@H]1O. The van der Waals surface area contributed by atoms with E-state index in [2.05, 4.69) is 5.32 Å². The van der Waals surface area contributed by atoms with Gasteiger partial charge in [0, 0.05) is 13.8 Å². The van der Waals surface area contributed by atoms with Crippen LogP contribution in [0, 0.1) is 0 Å². The van der Waals surface area contributed by atoms with Crippen molar-refractivity contribution >= 4 is 11.9 Å². The summed E-state index contributed by atoms with van der Waals surface area (Å²) in [7, 11) is 0. The molecule has 1 fully saturated rings. The third kappa shape index (κ3) is 5.50. The Bertz CT molecular complexity index is 580. The molecule has 1 aromatic rings. The number of aliphatic hydroxyl groups is 2. The lowest BCUT2D eigenvalue weighted by atomic mass is 9.96. The molecule has 8 heteroatoms. The summed E-state index contributed by atoms with van der Waals surface area (Å²) in [4.78, 5) is 22.4. The molecule has 1 saturated heterocycles. The van der Waals surface area contributed by atoms with Crippen molar-refractivity contribution in [3.8, 4) is 0 Å². The zero-order chi connectivity index (χ0) is 18.4. The number of rotatable bonds is 6. The molecule has 5 atom stereocenters. The molecule has 1 aromatic carbocycles. The van der Waals surface area contributed by atoms with Gasteiger partial charge in [-0.2, -0.15) is 0 Å². The number of hydrogen-bond acceptors (Lipinski definition) is 7. The summed E-state index contributed by atoms with van der Waals surface area (Å²) in [6.07, 6.45) is -4.52. The second kappa shape index (κ2) is 8.91. The number of amides is 1. The van der Waals surface area contributed by atoms with E-state index in [9.17, 15) is 19.8 Å². The summed E-state index contributed by atoms with van der Waals surface area (Å²) >= 11 is 0. The van der Waals surface area contributed by atoms with Gasteiger partial charge in [-0.15, -0.1) is 0 Å². The van der Waals surface area contributed by atoms with Crippen LogP contribution in [-0.4, -0.2) is 59.3 Å². The van der Waals surface area contributed by atoms with Crippen LogP contribution in [-0.2, 0) is 30.4 Å². The van der Waals surface area contributed by atoms with Crippen molar-refractivity contribution in [3.63, 3.8) is 0 Å². The molecule has 0 saturated carbocycles. The van der Waals surface area contributed by atoms with Crippen molar-refractivity contribution in [3.05, 3.63) is 35.9 Å². The fourth-order valence-corrected chi connectivity index (χ4v) is 2.62. The number of nitrogens with one attached hydrogen (secondary N) is 1. The standard InChI is InChI=1S/C17H23NO7/c1-10(19)18-14-16(24-8-12-6-4-3-5-7-12)15(21)13(25-17(14)22)9-23-11(2)20/h3-7,13-17,21-22H,8-9H2,1-2H3,(H,18,19)/t13-,14-,15-,16-,17-/m1/s1. The van der Waals surface area contributed by atoms with Gasteiger partial charge < -0.3 is 29.7 Å². The molecule has 0 radical (unpaired) electrons. The van der Waals surface area contributed by atoms with Gasteiger partial charge in [0.25, 0.3) is 0 Å². The highest BCUT2D eigenvalue weighted by Gasteiger charge is 2.46. The molecule has 8 nitrogen and oxygen atoms in total. The van der Waals surface area contributed by atoms with Gasteiger partial charge in [-0.05, 0) is 5.56 Å². The Labute approximate surface area is 145 Å². The Morgan fingerprint density at radius 3 is 2.48 bits per heavy atom. The van der Waals surface area contributed by atoms with Crippen LogP contribution in [0.2, 0.25) is 0 Å². The zero-order valence-electron chi connectivity index (χ0n) is 14.1. The van der Waals surface area contributed by atoms with E-state index in [1.807, 2.05) is 30.3 Å². The van der Waals surface area contributed by atoms with Crippen molar-refractivity contribution in [2.45, 2.75) is 51.1 Å². The molecule has 3 N–H and O–H groups in total. The van der Waals surface area contributed by atoms with Gasteiger partial charge in [-0.3, -0.25) is 9.59 Å². The molecule has 1 heterocycles. The Morgan fingerprint density at radius 2 is 1.88 bits per heavy atom. The maximum Gasteiger partial charge on any atom is 0.302 e. The first kappa shape index (κ1) is 19.3. The summed E-state index contributed by atoms with van der Waals surface area (Å²) in [6.45, 7) is 2.46. The average Bonchev–Trinajstić information content (AvgIpc) is 2.56. The fourth-order valence-electron chi connectivity index (χ4n) is 2.62. The second-order valence-corrected chi connectivity index (χ2v) is 5.85. The average molecular weight is 353 g/mol.